The van der Waals surface area contributed by atoms with Crippen molar-refractivity contribution in [3.8, 4) is 5.75 Å². The van der Waals surface area contributed by atoms with Crippen LogP contribution in [0.3, 0.4) is 0 Å². The van der Waals surface area contributed by atoms with Gasteiger partial charge in [0.15, 0.2) is 0 Å². The first kappa shape index (κ1) is 24.8. The van der Waals surface area contributed by atoms with Gasteiger partial charge in [0, 0.05) is 4.28 Å². The van der Waals surface area contributed by atoms with Crippen LogP contribution in [0.4, 0.5) is 0 Å². The van der Waals surface area contributed by atoms with Crippen molar-refractivity contribution in [3.63, 3.8) is 0 Å². The van der Waals surface area contributed by atoms with Crippen molar-refractivity contribution in [1.82, 2.24) is 15.4 Å². The summed E-state index contributed by atoms with van der Waals surface area (Å²) in [5, 5.41) is 5.32. The van der Waals surface area contributed by atoms with Crippen LogP contribution in [-0.4, -0.2) is 57.5 Å². The number of carbonyl (C=O) groups is 3. The number of rotatable bonds is 4. The molecule has 1 aromatic rings. The molecule has 0 fully saturated rings. The molecule has 0 unspecified atom stereocenters. The zero-order chi connectivity index (χ0) is 23.0. The number of sulfonamides is 1. The van der Waals surface area contributed by atoms with Gasteiger partial charge in [0.05, 0.1) is 18.9 Å². The molecule has 31 heavy (non-hydrogen) atoms. The quantitative estimate of drug-likeness (QED) is 0.581. The van der Waals surface area contributed by atoms with Crippen molar-refractivity contribution >= 4 is 28.1 Å². The highest BCUT2D eigenvalue weighted by atomic mass is 32.2. The zero-order valence-electron chi connectivity index (χ0n) is 18.1. The fourth-order valence-corrected chi connectivity index (χ4v) is 4.00. The number of aldehydes is 1. The largest absolute Gasteiger partial charge is 0.494 e. The van der Waals surface area contributed by atoms with Crippen LogP contribution in [0.1, 0.15) is 43.0 Å². The van der Waals surface area contributed by atoms with E-state index in [-0.39, 0.29) is 16.6 Å². The van der Waals surface area contributed by atoms with E-state index < -0.39 is 40.0 Å². The maximum absolute atomic E-state index is 12.9. The van der Waals surface area contributed by atoms with Gasteiger partial charge in [-0.25, -0.2) is 13.1 Å². The SMILES string of the molecule is CC(C)[C@@H]1NC(=O)[C@@H](NS(C)(=O)=O)Cc2ccc(cc2)OCCCC[C@@H](C=O)NC1=O.[HH].[HH].[HH]. The molecule has 2 bridgehead atoms. The van der Waals surface area contributed by atoms with Crippen LogP contribution in [0, 0.1) is 5.92 Å². The van der Waals surface area contributed by atoms with Crippen molar-refractivity contribution in [2.24, 2.45) is 5.92 Å². The fraction of sp³-hybridized carbons (Fsp3) is 0.571. The average Bonchev–Trinajstić information content (AvgIpc) is 2.69. The molecule has 2 amide bonds. The van der Waals surface area contributed by atoms with Crippen molar-refractivity contribution in [1.29, 1.82) is 0 Å². The van der Waals surface area contributed by atoms with Gasteiger partial charge in [-0.3, -0.25) is 9.59 Å². The summed E-state index contributed by atoms with van der Waals surface area (Å²) >= 11 is 0. The number of carbonyl (C=O) groups excluding carboxylic acids is 3. The van der Waals surface area contributed by atoms with Crippen LogP contribution in [0.2, 0.25) is 0 Å². The molecule has 2 aliphatic heterocycles. The summed E-state index contributed by atoms with van der Waals surface area (Å²) in [5.74, 6) is -0.718. The highest BCUT2D eigenvalue weighted by Gasteiger charge is 2.30. The maximum atomic E-state index is 12.9. The predicted octanol–water partition coefficient (Wildman–Crippen LogP) is 1.27. The van der Waals surface area contributed by atoms with Gasteiger partial charge >= 0.3 is 0 Å². The number of nitrogens with one attached hydrogen (secondary N) is 3. The topological polar surface area (TPSA) is 131 Å². The van der Waals surface area contributed by atoms with Gasteiger partial charge < -0.3 is 20.2 Å². The minimum Gasteiger partial charge on any atom is -0.494 e. The second-order valence-electron chi connectivity index (χ2n) is 8.12. The number of amides is 2. The maximum Gasteiger partial charge on any atom is 0.243 e. The lowest BCUT2D eigenvalue weighted by molar-refractivity contribution is -0.131. The molecular formula is C21H37N3O6S. The molecule has 10 heteroatoms. The Balaban J connectivity index is 0. The van der Waals surface area contributed by atoms with Crippen molar-refractivity contribution in [3.05, 3.63) is 29.8 Å². The second kappa shape index (κ2) is 11.2. The van der Waals surface area contributed by atoms with Crippen molar-refractivity contribution in [2.75, 3.05) is 12.9 Å². The van der Waals surface area contributed by atoms with E-state index in [4.69, 9.17) is 4.74 Å². The summed E-state index contributed by atoms with van der Waals surface area (Å²) in [6.07, 6.45) is 3.60. The molecule has 2 heterocycles. The first-order valence-corrected chi connectivity index (χ1v) is 12.2. The Bertz CT molecular complexity index is 884. The highest BCUT2D eigenvalue weighted by molar-refractivity contribution is 7.88. The Morgan fingerprint density at radius 3 is 2.39 bits per heavy atom. The monoisotopic (exact) mass is 459 g/mol. The molecule has 3 atom stereocenters. The van der Waals surface area contributed by atoms with Crippen LogP contribution in [0.5, 0.6) is 5.75 Å². The molecule has 1 aromatic carbocycles. The van der Waals surface area contributed by atoms with E-state index in [0.29, 0.717) is 37.9 Å². The van der Waals surface area contributed by atoms with E-state index >= 15 is 0 Å². The molecule has 0 aromatic heterocycles. The van der Waals surface area contributed by atoms with E-state index in [0.717, 1.165) is 11.8 Å². The molecule has 9 nitrogen and oxygen atoms in total. The number of ether oxygens (including phenoxy) is 1. The molecule has 3 rings (SSSR count). The Kier molecular flexibility index (Phi) is 9.00. The third kappa shape index (κ3) is 8.29. The number of fused-ring (bicyclic) bond motifs is 14. The minimum atomic E-state index is -3.68. The lowest BCUT2D eigenvalue weighted by atomic mass is 10.0. The van der Waals surface area contributed by atoms with Gasteiger partial charge in [-0.15, -0.1) is 0 Å². The molecule has 178 valence electrons. The van der Waals surface area contributed by atoms with Gasteiger partial charge in [0.25, 0.3) is 0 Å². The van der Waals surface area contributed by atoms with Crippen LogP contribution in [-0.2, 0) is 30.8 Å². The summed E-state index contributed by atoms with van der Waals surface area (Å²) in [7, 11) is -3.68. The molecule has 0 spiro atoms. The summed E-state index contributed by atoms with van der Waals surface area (Å²) in [5.41, 5.74) is 0.736. The van der Waals surface area contributed by atoms with Crippen LogP contribution in [0.25, 0.3) is 0 Å². The van der Waals surface area contributed by atoms with Crippen LogP contribution in [0.15, 0.2) is 24.3 Å². The molecule has 3 N–H and O–H groups in total. The Morgan fingerprint density at radius 2 is 1.81 bits per heavy atom. The first-order valence-electron chi connectivity index (χ1n) is 10.3. The number of hydrogen-bond acceptors (Lipinski definition) is 6. The number of hydrogen-bond donors (Lipinski definition) is 3. The standard InChI is InChI=1S/C21H31N3O6S.3H2/c1-14(2)19-21(27)22-16(13-25)6-4-5-11-30-17-9-7-15(8-10-17)12-18(20(26)23-19)24-31(3,28)29;;;/h7-10,13-14,16,18-19,24H,4-6,11-12H2,1-3H3,(H,22,27)(H,23,26);3*1H/t16-,18-,19-;;;/m0.../s1. The first-order chi connectivity index (χ1) is 14.6. The zero-order valence-corrected chi connectivity index (χ0v) is 18.9. The van der Waals surface area contributed by atoms with E-state index in [1.165, 1.54) is 0 Å². The molecular weight excluding hydrogens is 422 g/mol. The van der Waals surface area contributed by atoms with E-state index in [9.17, 15) is 22.8 Å². The molecule has 0 saturated heterocycles. The lowest BCUT2D eigenvalue weighted by Gasteiger charge is -2.26. The van der Waals surface area contributed by atoms with E-state index in [1.807, 2.05) is 0 Å². The van der Waals surface area contributed by atoms with Crippen LogP contribution < -0.4 is 20.1 Å². The fourth-order valence-electron chi connectivity index (χ4n) is 3.30. The third-order valence-electron chi connectivity index (χ3n) is 4.95. The minimum absolute atomic E-state index is 0. The molecule has 0 saturated carbocycles. The van der Waals surface area contributed by atoms with Gasteiger partial charge in [0.2, 0.25) is 21.8 Å². The van der Waals surface area contributed by atoms with E-state index in [1.54, 1.807) is 38.1 Å². The molecule has 0 radical (unpaired) electrons. The smallest absolute Gasteiger partial charge is 0.243 e. The van der Waals surface area contributed by atoms with E-state index in [2.05, 4.69) is 15.4 Å². The predicted molar refractivity (Wildman–Crippen MR) is 122 cm³/mol. The summed E-state index contributed by atoms with van der Waals surface area (Å²) in [6.45, 7) is 3.99. The van der Waals surface area contributed by atoms with Gasteiger partial charge in [-0.1, -0.05) is 26.0 Å². The van der Waals surface area contributed by atoms with Gasteiger partial charge in [-0.2, -0.15) is 0 Å². The Labute approximate surface area is 187 Å². The average molecular weight is 460 g/mol. The summed E-state index contributed by atoms with van der Waals surface area (Å²) in [6, 6.07) is 4.37. The third-order valence-corrected chi connectivity index (χ3v) is 5.67. The highest BCUT2D eigenvalue weighted by Crippen LogP contribution is 2.15. The van der Waals surface area contributed by atoms with Crippen LogP contribution >= 0.6 is 0 Å². The van der Waals surface area contributed by atoms with Gasteiger partial charge in [-0.05, 0) is 49.3 Å². The summed E-state index contributed by atoms with van der Waals surface area (Å²) < 4.78 is 31.7. The number of benzene rings is 1. The van der Waals surface area contributed by atoms with Crippen molar-refractivity contribution in [2.45, 2.75) is 57.7 Å². The molecule has 2 aliphatic rings. The second-order valence-corrected chi connectivity index (χ2v) is 9.90. The lowest BCUT2D eigenvalue weighted by Crippen LogP contribution is -2.57. The Hall–Kier alpha value is -2.46. The molecule has 0 aliphatic carbocycles. The van der Waals surface area contributed by atoms with Gasteiger partial charge in [0.1, 0.15) is 24.1 Å². The Morgan fingerprint density at radius 1 is 1.13 bits per heavy atom. The normalized spacial score (nSPS) is 24.1. The summed E-state index contributed by atoms with van der Waals surface area (Å²) in [4.78, 5) is 37.1. The van der Waals surface area contributed by atoms with Crippen molar-refractivity contribution < 1.29 is 31.8 Å².